The highest BCUT2D eigenvalue weighted by Crippen LogP contribution is 2.35. The van der Waals surface area contributed by atoms with E-state index in [4.69, 9.17) is 4.74 Å². The van der Waals surface area contributed by atoms with Crippen LogP contribution in [0.3, 0.4) is 0 Å². The summed E-state index contributed by atoms with van der Waals surface area (Å²) in [5.41, 5.74) is 2.70. The highest BCUT2D eigenvalue weighted by molar-refractivity contribution is 7.10. The number of rotatable bonds is 1. The lowest BCUT2D eigenvalue weighted by Crippen LogP contribution is -2.12. The molecule has 0 spiro atoms. The molecule has 2 heterocycles. The van der Waals surface area contributed by atoms with Crippen LogP contribution >= 0.6 is 11.3 Å². The molecule has 0 bridgehead atoms. The number of cyclic esters (lactones) is 1. The second-order valence-electron chi connectivity index (χ2n) is 4.07. The number of amides is 1. The summed E-state index contributed by atoms with van der Waals surface area (Å²) in [6, 6.07) is 0. The van der Waals surface area contributed by atoms with Gasteiger partial charge in [0.1, 0.15) is 6.10 Å². The van der Waals surface area contributed by atoms with Crippen molar-refractivity contribution in [2.75, 3.05) is 6.54 Å². The lowest BCUT2D eigenvalue weighted by atomic mass is 9.94. The average molecular weight is 223 g/mol. The maximum atomic E-state index is 11.0. The summed E-state index contributed by atoms with van der Waals surface area (Å²) in [5, 5.41) is 4.88. The first-order valence-electron chi connectivity index (χ1n) is 5.38. The number of nitrogens with one attached hydrogen (secondary N) is 1. The van der Waals surface area contributed by atoms with E-state index in [1.807, 2.05) is 11.3 Å². The van der Waals surface area contributed by atoms with Crippen molar-refractivity contribution in [2.24, 2.45) is 0 Å². The molecule has 0 radical (unpaired) electrons. The van der Waals surface area contributed by atoms with Crippen molar-refractivity contribution in [1.29, 1.82) is 0 Å². The van der Waals surface area contributed by atoms with E-state index in [1.54, 1.807) is 0 Å². The Morgan fingerprint density at radius 2 is 2.27 bits per heavy atom. The van der Waals surface area contributed by atoms with Gasteiger partial charge in [0.25, 0.3) is 0 Å². The quantitative estimate of drug-likeness (QED) is 0.794. The predicted molar refractivity (Wildman–Crippen MR) is 58.2 cm³/mol. The van der Waals surface area contributed by atoms with Crippen molar-refractivity contribution in [3.8, 4) is 0 Å². The number of carbonyl (C=O) groups excluding carboxylic acids is 1. The third kappa shape index (κ3) is 1.53. The third-order valence-electron chi connectivity index (χ3n) is 3.12. The van der Waals surface area contributed by atoms with E-state index in [9.17, 15) is 4.79 Å². The number of fused-ring (bicyclic) bond motifs is 1. The van der Waals surface area contributed by atoms with Gasteiger partial charge in [-0.15, -0.1) is 11.3 Å². The van der Waals surface area contributed by atoms with Gasteiger partial charge in [0.2, 0.25) is 0 Å². The Kier molecular flexibility index (Phi) is 2.16. The fourth-order valence-corrected chi connectivity index (χ4v) is 3.54. The number of thiophene rings is 1. The molecule has 1 aromatic rings. The predicted octanol–water partition coefficient (Wildman–Crippen LogP) is 2.41. The molecule has 1 atom stereocenters. The number of carbonyl (C=O) groups is 1. The first-order valence-corrected chi connectivity index (χ1v) is 6.26. The van der Waals surface area contributed by atoms with Crippen molar-refractivity contribution in [3.63, 3.8) is 0 Å². The van der Waals surface area contributed by atoms with Crippen LogP contribution in [-0.4, -0.2) is 12.6 Å². The van der Waals surface area contributed by atoms with Crippen molar-refractivity contribution in [3.05, 3.63) is 21.4 Å². The second-order valence-corrected chi connectivity index (χ2v) is 5.04. The summed E-state index contributed by atoms with van der Waals surface area (Å²) in [5.74, 6) is 0. The zero-order valence-electron chi connectivity index (χ0n) is 8.41. The summed E-state index contributed by atoms with van der Waals surface area (Å²) < 4.78 is 5.23. The molecule has 0 saturated carbocycles. The third-order valence-corrected chi connectivity index (χ3v) is 4.23. The lowest BCUT2D eigenvalue weighted by Gasteiger charge is -2.14. The Labute approximate surface area is 92.4 Å². The Hall–Kier alpha value is -1.03. The van der Waals surface area contributed by atoms with Crippen molar-refractivity contribution in [1.82, 2.24) is 5.32 Å². The van der Waals surface area contributed by atoms with Gasteiger partial charge in [0, 0.05) is 10.4 Å². The maximum Gasteiger partial charge on any atom is 0.407 e. The smallest absolute Gasteiger partial charge is 0.407 e. The molecule has 1 aliphatic heterocycles. The molecule has 0 aromatic carbocycles. The Morgan fingerprint density at radius 1 is 1.40 bits per heavy atom. The zero-order chi connectivity index (χ0) is 10.3. The monoisotopic (exact) mass is 223 g/mol. The zero-order valence-corrected chi connectivity index (χ0v) is 9.23. The summed E-state index contributed by atoms with van der Waals surface area (Å²) in [7, 11) is 0. The van der Waals surface area contributed by atoms with Crippen LogP contribution in [0.1, 0.15) is 34.9 Å². The minimum atomic E-state index is -0.282. The highest BCUT2D eigenvalue weighted by atomic mass is 32.1. The molecule has 2 aliphatic rings. The Bertz CT molecular complexity index is 399. The molecule has 80 valence electrons. The normalized spacial score (nSPS) is 24.5. The van der Waals surface area contributed by atoms with Crippen LogP contribution in [0.15, 0.2) is 5.38 Å². The minimum absolute atomic E-state index is 0.0457. The average Bonchev–Trinajstić information content (AvgIpc) is 2.83. The summed E-state index contributed by atoms with van der Waals surface area (Å²) in [6.45, 7) is 0.627. The number of ether oxygens (including phenoxy) is 1. The van der Waals surface area contributed by atoms with Crippen LogP contribution in [0, 0.1) is 0 Å². The molecule has 3 nitrogen and oxygen atoms in total. The topological polar surface area (TPSA) is 38.3 Å². The van der Waals surface area contributed by atoms with Crippen LogP contribution in [-0.2, 0) is 17.6 Å². The Balaban J connectivity index is 1.91. The van der Waals surface area contributed by atoms with Crippen LogP contribution < -0.4 is 5.32 Å². The van der Waals surface area contributed by atoms with Crippen LogP contribution in [0.25, 0.3) is 0 Å². The molecule has 1 fully saturated rings. The van der Waals surface area contributed by atoms with E-state index in [0.717, 1.165) is 6.42 Å². The van der Waals surface area contributed by atoms with Gasteiger partial charge in [-0.05, 0) is 36.6 Å². The van der Waals surface area contributed by atoms with E-state index in [1.165, 1.54) is 35.3 Å². The van der Waals surface area contributed by atoms with Crippen molar-refractivity contribution in [2.45, 2.75) is 31.8 Å². The van der Waals surface area contributed by atoms with Crippen LogP contribution in [0.4, 0.5) is 4.79 Å². The minimum Gasteiger partial charge on any atom is -0.439 e. The Morgan fingerprint density at radius 3 is 3.07 bits per heavy atom. The number of hydrogen-bond acceptors (Lipinski definition) is 3. The van der Waals surface area contributed by atoms with Crippen LogP contribution in [0.2, 0.25) is 0 Å². The fourth-order valence-electron chi connectivity index (χ4n) is 2.35. The molecule has 1 amide bonds. The van der Waals surface area contributed by atoms with Crippen molar-refractivity contribution < 1.29 is 9.53 Å². The summed E-state index contributed by atoms with van der Waals surface area (Å²) in [4.78, 5) is 12.5. The molecular weight excluding hydrogens is 210 g/mol. The number of hydrogen-bond donors (Lipinski definition) is 1. The van der Waals surface area contributed by atoms with Gasteiger partial charge in [0.15, 0.2) is 0 Å². The summed E-state index contributed by atoms with van der Waals surface area (Å²) in [6.07, 6.45) is 4.60. The van der Waals surface area contributed by atoms with E-state index >= 15 is 0 Å². The molecular formula is C11H13NO2S. The van der Waals surface area contributed by atoms with E-state index in [0.29, 0.717) is 6.54 Å². The van der Waals surface area contributed by atoms with E-state index < -0.39 is 0 Å². The molecule has 1 N–H and O–H groups in total. The molecule has 1 saturated heterocycles. The van der Waals surface area contributed by atoms with Gasteiger partial charge in [-0.2, -0.15) is 0 Å². The van der Waals surface area contributed by atoms with Crippen LogP contribution in [0.5, 0.6) is 0 Å². The lowest BCUT2D eigenvalue weighted by molar-refractivity contribution is 0.141. The summed E-state index contributed by atoms with van der Waals surface area (Å²) >= 11 is 1.82. The van der Waals surface area contributed by atoms with Gasteiger partial charge in [0.05, 0.1) is 6.54 Å². The molecule has 15 heavy (non-hydrogen) atoms. The molecule has 3 rings (SSSR count). The molecule has 1 aromatic heterocycles. The number of alkyl carbamates (subject to hydrolysis) is 1. The van der Waals surface area contributed by atoms with Crippen molar-refractivity contribution >= 4 is 17.4 Å². The van der Waals surface area contributed by atoms with Gasteiger partial charge >= 0.3 is 6.09 Å². The number of aryl methyl sites for hydroxylation is 1. The highest BCUT2D eigenvalue weighted by Gasteiger charge is 2.28. The SMILES string of the molecule is O=C1NCC(c2csc3c2CCCC3)O1. The first-order chi connectivity index (χ1) is 7.34. The molecule has 4 heteroatoms. The maximum absolute atomic E-state index is 11.0. The fraction of sp³-hybridized carbons (Fsp3) is 0.545. The van der Waals surface area contributed by atoms with E-state index in [-0.39, 0.29) is 12.2 Å². The van der Waals surface area contributed by atoms with Gasteiger partial charge in [-0.3, -0.25) is 0 Å². The molecule has 1 unspecified atom stereocenters. The largest absolute Gasteiger partial charge is 0.439 e. The van der Waals surface area contributed by atoms with Gasteiger partial charge in [-0.1, -0.05) is 0 Å². The standard InChI is InChI=1S/C11H13NO2S/c13-11-12-5-9(14-11)8-6-15-10-4-2-1-3-7(8)10/h6,9H,1-5H2,(H,12,13). The second kappa shape index (κ2) is 3.52. The molecule has 1 aliphatic carbocycles. The van der Waals surface area contributed by atoms with E-state index in [2.05, 4.69) is 10.7 Å². The van der Waals surface area contributed by atoms with Gasteiger partial charge in [-0.25, -0.2) is 4.79 Å². The first kappa shape index (κ1) is 9.21. The van der Waals surface area contributed by atoms with Gasteiger partial charge < -0.3 is 10.1 Å².